The van der Waals surface area contributed by atoms with Gasteiger partial charge >= 0.3 is 12.1 Å². The summed E-state index contributed by atoms with van der Waals surface area (Å²) in [7, 11) is 1.43. The number of aliphatic carboxylic acids is 1. The van der Waals surface area contributed by atoms with Gasteiger partial charge < -0.3 is 20.1 Å². The molecule has 0 radical (unpaired) electrons. The summed E-state index contributed by atoms with van der Waals surface area (Å²) >= 11 is 0. The van der Waals surface area contributed by atoms with E-state index < -0.39 is 30.1 Å². The van der Waals surface area contributed by atoms with Crippen LogP contribution < -0.4 is 5.32 Å². The molecule has 0 heterocycles. The summed E-state index contributed by atoms with van der Waals surface area (Å²) in [6.45, 7) is 5.57. The van der Waals surface area contributed by atoms with Crippen LogP contribution in [0.2, 0.25) is 0 Å². The topological polar surface area (TPSA) is 95.9 Å². The van der Waals surface area contributed by atoms with Crippen molar-refractivity contribution in [3.05, 3.63) is 59.7 Å². The lowest BCUT2D eigenvalue weighted by atomic mass is 9.98. The van der Waals surface area contributed by atoms with Crippen LogP contribution in [0.4, 0.5) is 4.79 Å². The van der Waals surface area contributed by atoms with Gasteiger partial charge in [0.25, 0.3) is 0 Å². The number of nitrogens with zero attached hydrogens (tertiary/aromatic N) is 1. The predicted octanol–water partition coefficient (Wildman–Crippen LogP) is 4.26. The van der Waals surface area contributed by atoms with E-state index >= 15 is 0 Å². The largest absolute Gasteiger partial charge is 0.480 e. The maximum absolute atomic E-state index is 13.0. The van der Waals surface area contributed by atoms with E-state index in [9.17, 15) is 19.5 Å². The number of carboxylic acid groups (broad SMARTS) is 1. The number of alkyl carbamates (subject to hydrolysis) is 1. The van der Waals surface area contributed by atoms with E-state index in [-0.39, 0.29) is 18.4 Å². The minimum absolute atomic E-state index is 0.0819. The van der Waals surface area contributed by atoms with Gasteiger partial charge in [-0.25, -0.2) is 9.59 Å². The molecule has 0 fully saturated rings. The molecule has 0 saturated heterocycles. The Balaban J connectivity index is 1.70. The fraction of sp³-hybridized carbons (Fsp3) is 0.423. The van der Waals surface area contributed by atoms with Crippen molar-refractivity contribution in [1.82, 2.24) is 10.2 Å². The Bertz CT molecular complexity index is 976. The van der Waals surface area contributed by atoms with Gasteiger partial charge in [0.05, 0.1) is 0 Å². The first kappa shape index (κ1) is 24.3. The van der Waals surface area contributed by atoms with Crippen molar-refractivity contribution in [2.45, 2.75) is 51.6 Å². The van der Waals surface area contributed by atoms with Gasteiger partial charge in [0, 0.05) is 13.0 Å². The van der Waals surface area contributed by atoms with E-state index in [0.29, 0.717) is 6.42 Å². The highest BCUT2D eigenvalue weighted by atomic mass is 16.5. The number of ether oxygens (including phenoxy) is 1. The van der Waals surface area contributed by atoms with E-state index in [0.717, 1.165) is 33.6 Å². The van der Waals surface area contributed by atoms with Crippen LogP contribution in [0.5, 0.6) is 0 Å². The summed E-state index contributed by atoms with van der Waals surface area (Å²) in [5, 5.41) is 11.9. The normalized spacial score (nSPS) is 15.0. The molecule has 2 aromatic carbocycles. The third-order valence-corrected chi connectivity index (χ3v) is 6.55. The minimum Gasteiger partial charge on any atom is -0.480 e. The number of carbonyl (C=O) groups excluding carboxylic acids is 2. The zero-order chi connectivity index (χ0) is 24.1. The molecule has 2 amide bonds. The Morgan fingerprint density at radius 3 is 2.09 bits per heavy atom. The number of hydrogen-bond donors (Lipinski definition) is 2. The summed E-state index contributed by atoms with van der Waals surface area (Å²) in [6.07, 6.45) is 0.541. The van der Waals surface area contributed by atoms with E-state index in [1.54, 1.807) is 0 Å². The fourth-order valence-corrected chi connectivity index (χ4v) is 4.18. The Kier molecular flexibility index (Phi) is 7.74. The molecular formula is C26H32N2O5. The van der Waals surface area contributed by atoms with Crippen molar-refractivity contribution in [3.8, 4) is 11.1 Å². The SMILES string of the molecule is CCC(C)CC(NC(=O)OCC1c2ccccc2-c2ccccc21)C(=O)N(C)[C@@H](C)C(=O)O. The van der Waals surface area contributed by atoms with Crippen molar-refractivity contribution in [3.63, 3.8) is 0 Å². The Labute approximate surface area is 194 Å². The molecule has 7 heteroatoms. The number of hydrogen-bond acceptors (Lipinski definition) is 4. The lowest BCUT2D eigenvalue weighted by molar-refractivity contribution is -0.149. The second-order valence-corrected chi connectivity index (χ2v) is 8.73. The maximum Gasteiger partial charge on any atom is 0.407 e. The molecule has 0 aromatic heterocycles. The molecule has 33 heavy (non-hydrogen) atoms. The molecule has 7 nitrogen and oxygen atoms in total. The van der Waals surface area contributed by atoms with Crippen LogP contribution in [0.3, 0.4) is 0 Å². The quantitative estimate of drug-likeness (QED) is 0.593. The van der Waals surface area contributed by atoms with Crippen molar-refractivity contribution in [2.75, 3.05) is 13.7 Å². The Hall–Kier alpha value is -3.35. The minimum atomic E-state index is -1.10. The average molecular weight is 453 g/mol. The molecule has 0 bridgehead atoms. The number of amides is 2. The number of nitrogens with one attached hydrogen (secondary N) is 1. The van der Waals surface area contributed by atoms with Crippen molar-refractivity contribution in [2.24, 2.45) is 5.92 Å². The molecule has 0 saturated carbocycles. The van der Waals surface area contributed by atoms with Crippen molar-refractivity contribution < 1.29 is 24.2 Å². The summed E-state index contributed by atoms with van der Waals surface area (Å²) < 4.78 is 5.59. The monoisotopic (exact) mass is 452 g/mol. The lowest BCUT2D eigenvalue weighted by Gasteiger charge is -2.28. The fourth-order valence-electron chi connectivity index (χ4n) is 4.18. The summed E-state index contributed by atoms with van der Waals surface area (Å²) in [6, 6.07) is 14.3. The van der Waals surface area contributed by atoms with E-state index in [4.69, 9.17) is 4.74 Å². The van der Waals surface area contributed by atoms with Crippen LogP contribution >= 0.6 is 0 Å². The molecule has 3 atom stereocenters. The van der Waals surface area contributed by atoms with Crippen molar-refractivity contribution >= 4 is 18.0 Å². The van der Waals surface area contributed by atoms with Crippen LogP contribution in [0.15, 0.2) is 48.5 Å². The number of fused-ring (bicyclic) bond motifs is 3. The molecule has 3 rings (SSSR count). The highest BCUT2D eigenvalue weighted by Gasteiger charge is 2.32. The number of carbonyl (C=O) groups is 3. The van der Waals surface area contributed by atoms with Gasteiger partial charge in [0.15, 0.2) is 0 Å². The van der Waals surface area contributed by atoms with Gasteiger partial charge in [0.1, 0.15) is 18.7 Å². The molecule has 0 aliphatic heterocycles. The standard InChI is InChI=1S/C26H32N2O5/c1-5-16(2)14-23(24(29)28(4)17(3)25(30)31)27-26(32)33-15-22-20-12-8-6-10-18(20)19-11-7-9-13-21(19)22/h6-13,16-17,22-23H,5,14-15H2,1-4H3,(H,27,32)(H,30,31)/t16?,17-,23?/m0/s1. The molecule has 1 aliphatic carbocycles. The first-order chi connectivity index (χ1) is 15.7. The second-order valence-electron chi connectivity index (χ2n) is 8.73. The molecule has 2 unspecified atom stereocenters. The van der Waals surface area contributed by atoms with Crippen LogP contribution in [0.25, 0.3) is 11.1 Å². The maximum atomic E-state index is 13.0. The van der Waals surface area contributed by atoms with Gasteiger partial charge in [-0.1, -0.05) is 68.8 Å². The molecule has 1 aliphatic rings. The summed E-state index contributed by atoms with van der Waals surface area (Å²) in [5.74, 6) is -1.46. The summed E-state index contributed by atoms with van der Waals surface area (Å²) in [4.78, 5) is 38.1. The number of rotatable bonds is 9. The zero-order valence-electron chi connectivity index (χ0n) is 19.6. The first-order valence-electron chi connectivity index (χ1n) is 11.4. The summed E-state index contributed by atoms with van der Waals surface area (Å²) in [5.41, 5.74) is 4.48. The molecule has 0 spiro atoms. The predicted molar refractivity (Wildman–Crippen MR) is 126 cm³/mol. The van der Waals surface area contributed by atoms with Gasteiger partial charge in [-0.05, 0) is 41.5 Å². The molecule has 2 N–H and O–H groups in total. The second kappa shape index (κ2) is 10.5. The first-order valence-corrected chi connectivity index (χ1v) is 11.4. The van der Waals surface area contributed by atoms with Crippen molar-refractivity contribution in [1.29, 1.82) is 0 Å². The number of carboxylic acids is 1. The molecule has 2 aromatic rings. The van der Waals surface area contributed by atoms with Gasteiger partial charge in [-0.15, -0.1) is 0 Å². The van der Waals surface area contributed by atoms with E-state index in [1.165, 1.54) is 14.0 Å². The third-order valence-electron chi connectivity index (χ3n) is 6.55. The molecular weight excluding hydrogens is 420 g/mol. The third kappa shape index (κ3) is 5.35. The highest BCUT2D eigenvalue weighted by molar-refractivity contribution is 5.89. The molecule has 176 valence electrons. The smallest absolute Gasteiger partial charge is 0.407 e. The number of benzene rings is 2. The highest BCUT2D eigenvalue weighted by Crippen LogP contribution is 2.44. The van der Waals surface area contributed by atoms with Crippen LogP contribution in [0.1, 0.15) is 50.7 Å². The zero-order valence-corrected chi connectivity index (χ0v) is 19.6. The van der Waals surface area contributed by atoms with E-state index in [2.05, 4.69) is 17.4 Å². The van der Waals surface area contributed by atoms with Gasteiger partial charge in [-0.2, -0.15) is 0 Å². The van der Waals surface area contributed by atoms with Gasteiger partial charge in [0.2, 0.25) is 5.91 Å². The Morgan fingerprint density at radius 1 is 1.03 bits per heavy atom. The lowest BCUT2D eigenvalue weighted by Crippen LogP contribution is -2.52. The van der Waals surface area contributed by atoms with Crippen LogP contribution in [-0.4, -0.2) is 53.7 Å². The number of likely N-dealkylation sites (N-methyl/N-ethyl adjacent to an activating group) is 1. The average Bonchev–Trinajstić information content (AvgIpc) is 3.14. The Morgan fingerprint density at radius 2 is 1.58 bits per heavy atom. The van der Waals surface area contributed by atoms with Gasteiger partial charge in [-0.3, -0.25) is 4.79 Å². The van der Waals surface area contributed by atoms with Crippen LogP contribution in [-0.2, 0) is 14.3 Å². The van der Waals surface area contributed by atoms with Crippen LogP contribution in [0, 0.1) is 5.92 Å². The van der Waals surface area contributed by atoms with E-state index in [1.807, 2.05) is 50.2 Å².